The Bertz CT molecular complexity index is 517. The molecule has 3 heterocycles. The molecule has 6 nitrogen and oxygen atoms in total. The number of hydrogen-bond acceptors (Lipinski definition) is 4. The number of nitrogens with zero attached hydrogens (tertiary/aromatic N) is 3. The van der Waals surface area contributed by atoms with E-state index in [4.69, 9.17) is 0 Å². The number of pyridine rings is 1. The van der Waals surface area contributed by atoms with Gasteiger partial charge >= 0.3 is 6.03 Å². The predicted octanol–water partition coefficient (Wildman–Crippen LogP) is 1.35. The summed E-state index contributed by atoms with van der Waals surface area (Å²) in [7, 11) is 0. The van der Waals surface area contributed by atoms with Crippen molar-refractivity contribution in [1.29, 1.82) is 0 Å². The standard InChI is InChI=1S/C16H24N4O2/c21-12-14-4-3-9-20(14)16(22)18-11-13-5-6-17-15(10-13)19-7-1-2-8-19/h5-6,10,14,21H,1-4,7-9,11-12H2,(H,18,22)/t14-/m0/s1. The van der Waals surface area contributed by atoms with Crippen molar-refractivity contribution in [3.8, 4) is 0 Å². The first-order valence-corrected chi connectivity index (χ1v) is 8.13. The number of likely N-dealkylation sites (tertiary alicyclic amines) is 1. The van der Waals surface area contributed by atoms with Crippen molar-refractivity contribution in [3.05, 3.63) is 23.9 Å². The van der Waals surface area contributed by atoms with Gasteiger partial charge < -0.3 is 20.2 Å². The Balaban J connectivity index is 1.57. The molecule has 2 N–H and O–H groups in total. The van der Waals surface area contributed by atoms with Crippen LogP contribution in [0.5, 0.6) is 0 Å². The van der Waals surface area contributed by atoms with E-state index in [1.165, 1.54) is 12.8 Å². The highest BCUT2D eigenvalue weighted by Crippen LogP contribution is 2.19. The molecule has 6 heteroatoms. The van der Waals surface area contributed by atoms with Gasteiger partial charge in [0.1, 0.15) is 5.82 Å². The highest BCUT2D eigenvalue weighted by molar-refractivity contribution is 5.74. The lowest BCUT2D eigenvalue weighted by Gasteiger charge is -2.23. The van der Waals surface area contributed by atoms with Crippen LogP contribution in [-0.2, 0) is 6.54 Å². The van der Waals surface area contributed by atoms with Gasteiger partial charge in [-0.2, -0.15) is 0 Å². The number of amides is 2. The molecule has 2 aliphatic rings. The summed E-state index contributed by atoms with van der Waals surface area (Å²) >= 11 is 0. The van der Waals surface area contributed by atoms with E-state index < -0.39 is 0 Å². The van der Waals surface area contributed by atoms with Gasteiger partial charge in [0.2, 0.25) is 0 Å². The summed E-state index contributed by atoms with van der Waals surface area (Å²) in [6.07, 6.45) is 6.10. The molecule has 2 fully saturated rings. The van der Waals surface area contributed by atoms with Crippen LogP contribution in [0.25, 0.3) is 0 Å². The molecule has 0 radical (unpaired) electrons. The molecule has 0 aromatic carbocycles. The van der Waals surface area contributed by atoms with Crippen LogP contribution in [0.3, 0.4) is 0 Å². The fourth-order valence-electron chi connectivity index (χ4n) is 3.26. The third kappa shape index (κ3) is 3.32. The lowest BCUT2D eigenvalue weighted by atomic mass is 10.2. The van der Waals surface area contributed by atoms with Crippen LogP contribution in [0.1, 0.15) is 31.2 Å². The number of anilines is 1. The molecule has 1 aromatic rings. The number of aliphatic hydroxyl groups excluding tert-OH is 1. The molecule has 2 amide bonds. The molecule has 1 aromatic heterocycles. The van der Waals surface area contributed by atoms with E-state index in [2.05, 4.69) is 21.3 Å². The summed E-state index contributed by atoms with van der Waals surface area (Å²) < 4.78 is 0. The Morgan fingerprint density at radius 2 is 2.14 bits per heavy atom. The average Bonchev–Trinajstić information content (AvgIpc) is 3.23. The smallest absolute Gasteiger partial charge is 0.317 e. The summed E-state index contributed by atoms with van der Waals surface area (Å²) in [5, 5.41) is 12.2. The monoisotopic (exact) mass is 304 g/mol. The average molecular weight is 304 g/mol. The fraction of sp³-hybridized carbons (Fsp3) is 0.625. The number of carbonyl (C=O) groups excluding carboxylic acids is 1. The molecule has 3 rings (SSSR count). The zero-order chi connectivity index (χ0) is 15.4. The molecule has 0 unspecified atom stereocenters. The number of urea groups is 1. The van der Waals surface area contributed by atoms with E-state index in [0.717, 1.165) is 43.9 Å². The van der Waals surface area contributed by atoms with Gasteiger partial charge in [-0.3, -0.25) is 0 Å². The summed E-state index contributed by atoms with van der Waals surface area (Å²) in [4.78, 5) is 20.7. The van der Waals surface area contributed by atoms with Crippen molar-refractivity contribution in [2.45, 2.75) is 38.3 Å². The maximum Gasteiger partial charge on any atom is 0.317 e. The SMILES string of the molecule is O=C(NCc1ccnc(N2CCCC2)c1)N1CCC[C@H]1CO. The van der Waals surface area contributed by atoms with Crippen LogP contribution >= 0.6 is 0 Å². The van der Waals surface area contributed by atoms with Gasteiger partial charge in [-0.25, -0.2) is 9.78 Å². The molecule has 1 atom stereocenters. The second kappa shape index (κ2) is 6.96. The third-order valence-electron chi connectivity index (χ3n) is 4.53. The summed E-state index contributed by atoms with van der Waals surface area (Å²) in [6.45, 7) is 3.40. The Labute approximate surface area is 131 Å². The highest BCUT2D eigenvalue weighted by Gasteiger charge is 2.27. The molecule has 22 heavy (non-hydrogen) atoms. The number of aromatic nitrogens is 1. The third-order valence-corrected chi connectivity index (χ3v) is 4.53. The van der Waals surface area contributed by atoms with Gasteiger partial charge in [-0.1, -0.05) is 0 Å². The van der Waals surface area contributed by atoms with Crippen LogP contribution < -0.4 is 10.2 Å². The predicted molar refractivity (Wildman–Crippen MR) is 84.7 cm³/mol. The molecule has 2 saturated heterocycles. The van der Waals surface area contributed by atoms with Crippen molar-refractivity contribution in [3.63, 3.8) is 0 Å². The lowest BCUT2D eigenvalue weighted by Crippen LogP contribution is -2.43. The quantitative estimate of drug-likeness (QED) is 0.881. The fourth-order valence-corrected chi connectivity index (χ4v) is 3.26. The summed E-state index contributed by atoms with van der Waals surface area (Å²) in [5.74, 6) is 0.999. The van der Waals surface area contributed by atoms with Gasteiger partial charge in [0.05, 0.1) is 12.6 Å². The van der Waals surface area contributed by atoms with Crippen molar-refractivity contribution >= 4 is 11.8 Å². The van der Waals surface area contributed by atoms with E-state index >= 15 is 0 Å². The summed E-state index contributed by atoms with van der Waals surface area (Å²) in [6, 6.07) is 3.88. The van der Waals surface area contributed by atoms with Crippen molar-refractivity contribution < 1.29 is 9.90 Å². The van der Waals surface area contributed by atoms with Crippen LogP contribution in [0.4, 0.5) is 10.6 Å². The number of carbonyl (C=O) groups is 1. The second-order valence-corrected chi connectivity index (χ2v) is 6.05. The number of aliphatic hydroxyl groups is 1. The van der Waals surface area contributed by atoms with E-state index in [-0.39, 0.29) is 18.7 Å². The van der Waals surface area contributed by atoms with E-state index in [9.17, 15) is 9.90 Å². The van der Waals surface area contributed by atoms with E-state index in [1.54, 1.807) is 4.90 Å². The molecule has 2 aliphatic heterocycles. The second-order valence-electron chi connectivity index (χ2n) is 6.05. The van der Waals surface area contributed by atoms with Crippen molar-refractivity contribution in [1.82, 2.24) is 15.2 Å². The Morgan fingerprint density at radius 1 is 1.32 bits per heavy atom. The normalized spacial score (nSPS) is 21.4. The molecule has 0 bridgehead atoms. The summed E-state index contributed by atoms with van der Waals surface area (Å²) in [5.41, 5.74) is 1.06. The van der Waals surface area contributed by atoms with Gasteiger partial charge in [-0.15, -0.1) is 0 Å². The Morgan fingerprint density at radius 3 is 2.91 bits per heavy atom. The topological polar surface area (TPSA) is 68.7 Å². The Hall–Kier alpha value is -1.82. The van der Waals surface area contributed by atoms with Gasteiger partial charge in [0.15, 0.2) is 0 Å². The molecule has 120 valence electrons. The number of hydrogen-bond donors (Lipinski definition) is 2. The van der Waals surface area contributed by atoms with Gasteiger partial charge in [0, 0.05) is 32.4 Å². The van der Waals surface area contributed by atoms with Gasteiger partial charge in [0.25, 0.3) is 0 Å². The van der Waals surface area contributed by atoms with Crippen molar-refractivity contribution in [2.24, 2.45) is 0 Å². The number of nitrogens with one attached hydrogen (secondary N) is 1. The minimum absolute atomic E-state index is 0.0300. The zero-order valence-electron chi connectivity index (χ0n) is 12.9. The van der Waals surface area contributed by atoms with Crippen LogP contribution in [-0.4, -0.2) is 53.3 Å². The minimum atomic E-state index is -0.0870. The largest absolute Gasteiger partial charge is 0.394 e. The highest BCUT2D eigenvalue weighted by atomic mass is 16.3. The van der Waals surface area contributed by atoms with Crippen LogP contribution in [0, 0.1) is 0 Å². The zero-order valence-corrected chi connectivity index (χ0v) is 12.9. The first-order valence-electron chi connectivity index (χ1n) is 8.13. The Kier molecular flexibility index (Phi) is 4.77. The first-order chi connectivity index (χ1) is 10.8. The lowest BCUT2D eigenvalue weighted by molar-refractivity contribution is 0.157. The van der Waals surface area contributed by atoms with Crippen molar-refractivity contribution in [2.75, 3.05) is 31.1 Å². The first kappa shape index (κ1) is 15.1. The molecular formula is C16H24N4O2. The molecular weight excluding hydrogens is 280 g/mol. The molecule has 0 spiro atoms. The van der Waals surface area contributed by atoms with Crippen LogP contribution in [0.15, 0.2) is 18.3 Å². The maximum absolute atomic E-state index is 12.2. The van der Waals surface area contributed by atoms with E-state index in [0.29, 0.717) is 6.54 Å². The van der Waals surface area contributed by atoms with Gasteiger partial charge in [-0.05, 0) is 43.4 Å². The molecule has 0 saturated carbocycles. The molecule has 0 aliphatic carbocycles. The maximum atomic E-state index is 12.2. The van der Waals surface area contributed by atoms with E-state index in [1.807, 2.05) is 12.3 Å². The van der Waals surface area contributed by atoms with Crippen LogP contribution in [0.2, 0.25) is 0 Å². The number of rotatable bonds is 4. The minimum Gasteiger partial charge on any atom is -0.394 e.